The van der Waals surface area contributed by atoms with Gasteiger partial charge in [-0.15, -0.1) is 11.3 Å². The van der Waals surface area contributed by atoms with Gasteiger partial charge in [0.15, 0.2) is 0 Å². The van der Waals surface area contributed by atoms with E-state index in [1.807, 2.05) is 17.5 Å². The number of hydrogen-bond acceptors (Lipinski definition) is 5. The van der Waals surface area contributed by atoms with Gasteiger partial charge in [0.05, 0.1) is 23.6 Å². The molecule has 0 spiro atoms. The molecule has 0 saturated heterocycles. The number of aliphatic hydroxyl groups is 1. The highest BCUT2D eigenvalue weighted by Crippen LogP contribution is 2.23. The summed E-state index contributed by atoms with van der Waals surface area (Å²) in [5, 5.41) is 14.8. The summed E-state index contributed by atoms with van der Waals surface area (Å²) in [5.74, 6) is -0.396. The summed E-state index contributed by atoms with van der Waals surface area (Å²) < 4.78 is 25.1. The Kier molecular flexibility index (Phi) is 5.98. The molecule has 24 heavy (non-hydrogen) atoms. The summed E-state index contributed by atoms with van der Waals surface area (Å²) in [4.78, 5) is 13.2. The molecule has 0 aliphatic heterocycles. The van der Waals surface area contributed by atoms with Gasteiger partial charge in [-0.25, -0.2) is 8.42 Å². The van der Waals surface area contributed by atoms with Crippen LogP contribution in [0.3, 0.4) is 0 Å². The van der Waals surface area contributed by atoms with Crippen molar-refractivity contribution in [2.75, 3.05) is 11.0 Å². The van der Waals surface area contributed by atoms with E-state index in [-0.39, 0.29) is 17.3 Å². The van der Waals surface area contributed by atoms with Crippen LogP contribution in [0.2, 0.25) is 0 Å². The van der Waals surface area contributed by atoms with E-state index in [1.54, 1.807) is 25.1 Å². The number of carbonyl (C=O) groups excluding carboxylic acids is 1. The average molecular weight is 368 g/mol. The van der Waals surface area contributed by atoms with E-state index in [1.165, 1.54) is 17.4 Å². The van der Waals surface area contributed by atoms with Gasteiger partial charge in [-0.2, -0.15) is 0 Å². The van der Waals surface area contributed by atoms with Crippen LogP contribution in [0.15, 0.2) is 41.8 Å². The number of para-hydroxylation sites is 1. The molecule has 3 N–H and O–H groups in total. The Labute approximate surface area is 145 Å². The predicted octanol–water partition coefficient (Wildman–Crippen LogP) is 2.36. The minimum atomic E-state index is -3.48. The first-order valence-electron chi connectivity index (χ1n) is 7.35. The van der Waals surface area contributed by atoms with E-state index in [0.29, 0.717) is 6.42 Å². The molecular weight excluding hydrogens is 348 g/mol. The Morgan fingerprint density at radius 2 is 1.96 bits per heavy atom. The second kappa shape index (κ2) is 7.78. The van der Waals surface area contributed by atoms with Crippen LogP contribution in [0.25, 0.3) is 0 Å². The molecule has 0 fully saturated rings. The maximum Gasteiger partial charge on any atom is 0.253 e. The lowest BCUT2D eigenvalue weighted by Gasteiger charge is -2.18. The van der Waals surface area contributed by atoms with Crippen LogP contribution in [0.1, 0.15) is 34.7 Å². The molecular formula is C16H20N2O4S2. The van der Waals surface area contributed by atoms with Crippen molar-refractivity contribution in [1.29, 1.82) is 0 Å². The van der Waals surface area contributed by atoms with E-state index < -0.39 is 22.0 Å². The van der Waals surface area contributed by atoms with E-state index in [9.17, 15) is 18.3 Å². The Balaban J connectivity index is 2.04. The molecule has 1 heterocycles. The molecule has 6 nitrogen and oxygen atoms in total. The van der Waals surface area contributed by atoms with Crippen LogP contribution in [0, 0.1) is 0 Å². The lowest BCUT2D eigenvalue weighted by Crippen LogP contribution is -2.34. The van der Waals surface area contributed by atoms with Crippen LogP contribution in [0.5, 0.6) is 0 Å². The first-order chi connectivity index (χ1) is 11.3. The minimum Gasteiger partial charge on any atom is -0.387 e. The maximum atomic E-state index is 12.4. The minimum absolute atomic E-state index is 0.225. The quantitative estimate of drug-likeness (QED) is 0.699. The van der Waals surface area contributed by atoms with Gasteiger partial charge in [0.1, 0.15) is 0 Å². The highest BCUT2D eigenvalue weighted by molar-refractivity contribution is 7.92. The molecule has 0 aliphatic carbocycles. The molecule has 1 amide bonds. The Morgan fingerprint density at radius 1 is 1.25 bits per heavy atom. The molecule has 2 atom stereocenters. The number of sulfonamides is 1. The summed E-state index contributed by atoms with van der Waals surface area (Å²) >= 11 is 1.46. The van der Waals surface area contributed by atoms with Gasteiger partial charge in [0.2, 0.25) is 10.0 Å². The number of carbonyl (C=O) groups is 1. The van der Waals surface area contributed by atoms with Crippen molar-refractivity contribution in [3.8, 4) is 0 Å². The number of aliphatic hydroxyl groups excluding tert-OH is 1. The summed E-state index contributed by atoms with van der Waals surface area (Å²) in [6.07, 6.45) is 0.750. The van der Waals surface area contributed by atoms with Crippen LogP contribution < -0.4 is 10.0 Å². The third-order valence-corrected chi connectivity index (χ3v) is 4.86. The number of nitrogens with one attached hydrogen (secondary N) is 2. The zero-order chi connectivity index (χ0) is 17.7. The zero-order valence-electron chi connectivity index (χ0n) is 13.4. The number of amides is 1. The van der Waals surface area contributed by atoms with E-state index in [4.69, 9.17) is 0 Å². The smallest absolute Gasteiger partial charge is 0.253 e. The second-order valence-electron chi connectivity index (χ2n) is 5.56. The molecule has 1 aromatic heterocycles. The number of thiophene rings is 1. The number of anilines is 1. The molecule has 1 aromatic carbocycles. The molecule has 0 radical (unpaired) electrons. The standard InChI is InChI=1S/C16H20N2O4S2/c1-11(10-14(19)15-8-5-9-23-15)17-16(20)12-6-3-4-7-13(12)18-24(2,21)22/h3-9,11,14,18-19H,10H2,1-2H3,(H,17,20). The SMILES string of the molecule is CC(CC(O)c1cccs1)NC(=O)c1ccccc1NS(C)(=O)=O. The number of hydrogen-bond donors (Lipinski definition) is 3. The third kappa shape index (κ3) is 5.33. The molecule has 0 saturated carbocycles. The first kappa shape index (κ1) is 18.4. The Hall–Kier alpha value is -1.90. The fourth-order valence-electron chi connectivity index (χ4n) is 2.26. The van der Waals surface area contributed by atoms with Crippen molar-refractivity contribution < 1.29 is 18.3 Å². The van der Waals surface area contributed by atoms with Crippen molar-refractivity contribution in [3.05, 3.63) is 52.2 Å². The molecule has 0 bridgehead atoms. The van der Waals surface area contributed by atoms with E-state index >= 15 is 0 Å². The largest absolute Gasteiger partial charge is 0.387 e. The molecule has 130 valence electrons. The predicted molar refractivity (Wildman–Crippen MR) is 95.7 cm³/mol. The summed E-state index contributed by atoms with van der Waals surface area (Å²) in [6.45, 7) is 1.79. The maximum absolute atomic E-state index is 12.4. The molecule has 2 unspecified atom stereocenters. The Morgan fingerprint density at radius 3 is 2.58 bits per heavy atom. The molecule has 0 aliphatic rings. The average Bonchev–Trinajstić information content (AvgIpc) is 3.00. The van der Waals surface area contributed by atoms with E-state index in [2.05, 4.69) is 10.0 Å². The first-order valence-corrected chi connectivity index (χ1v) is 10.1. The van der Waals surface area contributed by atoms with Crippen LogP contribution >= 0.6 is 11.3 Å². The topological polar surface area (TPSA) is 95.5 Å². The van der Waals surface area contributed by atoms with Crippen LogP contribution in [-0.4, -0.2) is 31.7 Å². The van der Waals surface area contributed by atoms with Crippen molar-refractivity contribution in [3.63, 3.8) is 0 Å². The van der Waals surface area contributed by atoms with Gasteiger partial charge < -0.3 is 10.4 Å². The Bertz CT molecular complexity index is 788. The van der Waals surface area contributed by atoms with Gasteiger partial charge in [0.25, 0.3) is 5.91 Å². The monoisotopic (exact) mass is 368 g/mol. The summed E-state index contributed by atoms with van der Waals surface area (Å²) in [6, 6.07) is 9.81. The van der Waals surface area contributed by atoms with Crippen LogP contribution in [0.4, 0.5) is 5.69 Å². The highest BCUT2D eigenvalue weighted by atomic mass is 32.2. The third-order valence-electron chi connectivity index (χ3n) is 3.29. The normalized spacial score (nSPS) is 14.0. The zero-order valence-corrected chi connectivity index (χ0v) is 15.0. The van der Waals surface area contributed by atoms with Gasteiger partial charge in [0, 0.05) is 10.9 Å². The lowest BCUT2D eigenvalue weighted by molar-refractivity contribution is 0.0919. The van der Waals surface area contributed by atoms with Crippen molar-refractivity contribution >= 4 is 33.0 Å². The van der Waals surface area contributed by atoms with Gasteiger partial charge in [-0.3, -0.25) is 9.52 Å². The van der Waals surface area contributed by atoms with Crippen molar-refractivity contribution in [2.24, 2.45) is 0 Å². The van der Waals surface area contributed by atoms with Crippen molar-refractivity contribution in [1.82, 2.24) is 5.32 Å². The molecule has 2 aromatic rings. The van der Waals surface area contributed by atoms with Gasteiger partial charge >= 0.3 is 0 Å². The van der Waals surface area contributed by atoms with E-state index in [0.717, 1.165) is 11.1 Å². The second-order valence-corrected chi connectivity index (χ2v) is 8.29. The fourth-order valence-corrected chi connectivity index (χ4v) is 3.56. The van der Waals surface area contributed by atoms with Crippen LogP contribution in [-0.2, 0) is 10.0 Å². The molecule has 2 rings (SSSR count). The fraction of sp³-hybridized carbons (Fsp3) is 0.312. The number of benzene rings is 1. The summed E-state index contributed by atoms with van der Waals surface area (Å²) in [7, 11) is -3.48. The van der Waals surface area contributed by atoms with Crippen molar-refractivity contribution in [2.45, 2.75) is 25.5 Å². The van der Waals surface area contributed by atoms with Gasteiger partial charge in [-0.05, 0) is 36.9 Å². The lowest BCUT2D eigenvalue weighted by atomic mass is 10.1. The summed E-state index contributed by atoms with van der Waals surface area (Å²) in [5.41, 5.74) is 0.462. The molecule has 8 heteroatoms. The highest BCUT2D eigenvalue weighted by Gasteiger charge is 2.18. The number of rotatable bonds is 7. The van der Waals surface area contributed by atoms with Gasteiger partial charge in [-0.1, -0.05) is 18.2 Å².